The Hall–Kier alpha value is -1.13. The Morgan fingerprint density at radius 1 is 1.38 bits per heavy atom. The number of nitrogens with zero attached hydrogens (tertiary/aromatic N) is 2. The second kappa shape index (κ2) is 7.23. The molecule has 0 bridgehead atoms. The number of hydrogen-bond acceptors (Lipinski definition) is 4. The van der Waals surface area contributed by atoms with Gasteiger partial charge in [-0.05, 0) is 50.4 Å². The van der Waals surface area contributed by atoms with Gasteiger partial charge in [-0.2, -0.15) is 0 Å². The van der Waals surface area contributed by atoms with E-state index in [1.54, 1.807) is 0 Å². The maximum absolute atomic E-state index is 5.70. The topological polar surface area (TPSA) is 37.4 Å². The second-order valence-corrected chi connectivity index (χ2v) is 6.14. The molecule has 0 saturated carbocycles. The molecule has 1 aromatic rings. The number of rotatable bonds is 6. The Morgan fingerprint density at radius 2 is 2.19 bits per heavy atom. The maximum atomic E-state index is 5.70. The molecule has 1 fully saturated rings. The number of aryl methyl sites for hydroxylation is 1. The minimum atomic E-state index is -0.0516. The van der Waals surface area contributed by atoms with E-state index in [9.17, 15) is 0 Å². The van der Waals surface area contributed by atoms with Crippen molar-refractivity contribution in [3.05, 3.63) is 23.4 Å². The number of nitrogens with one attached hydrogen (secondary N) is 1. The molecule has 0 spiro atoms. The highest BCUT2D eigenvalue weighted by molar-refractivity contribution is 5.44. The lowest BCUT2D eigenvalue weighted by molar-refractivity contribution is -0.00482. The Balaban J connectivity index is 2.21. The lowest BCUT2D eigenvalue weighted by Crippen LogP contribution is -2.47. The van der Waals surface area contributed by atoms with Gasteiger partial charge in [0, 0.05) is 32.4 Å². The predicted octanol–water partition coefficient (Wildman–Crippen LogP) is 2.76. The molecule has 2 rings (SSSR count). The Bertz CT molecular complexity index is 463. The third-order valence-corrected chi connectivity index (χ3v) is 4.34. The average Bonchev–Trinajstić information content (AvgIpc) is 2.52. The van der Waals surface area contributed by atoms with Crippen LogP contribution in [-0.2, 0) is 17.7 Å². The van der Waals surface area contributed by atoms with Crippen molar-refractivity contribution in [3.63, 3.8) is 0 Å². The van der Waals surface area contributed by atoms with Crippen LogP contribution in [0.5, 0.6) is 0 Å². The molecule has 2 heterocycles. The minimum Gasteiger partial charge on any atom is -0.377 e. The summed E-state index contributed by atoms with van der Waals surface area (Å²) < 4.78 is 5.70. The number of piperidine rings is 1. The van der Waals surface area contributed by atoms with E-state index in [4.69, 9.17) is 9.72 Å². The summed E-state index contributed by atoms with van der Waals surface area (Å²) in [5, 5.41) is 3.40. The van der Waals surface area contributed by atoms with Gasteiger partial charge in [-0.3, -0.25) is 0 Å². The fourth-order valence-corrected chi connectivity index (χ4v) is 2.92. The van der Waals surface area contributed by atoms with Crippen LogP contribution in [0.25, 0.3) is 0 Å². The highest BCUT2D eigenvalue weighted by Gasteiger charge is 2.31. The summed E-state index contributed by atoms with van der Waals surface area (Å²) in [5.41, 5.74) is 2.44. The molecule has 118 valence electrons. The van der Waals surface area contributed by atoms with Crippen molar-refractivity contribution < 1.29 is 4.74 Å². The first kappa shape index (κ1) is 16.2. The van der Waals surface area contributed by atoms with E-state index < -0.39 is 0 Å². The lowest BCUT2D eigenvalue weighted by Gasteiger charge is -2.40. The fourth-order valence-electron chi connectivity index (χ4n) is 2.92. The Kier molecular flexibility index (Phi) is 5.59. The zero-order valence-electron chi connectivity index (χ0n) is 13.9. The molecule has 1 unspecified atom stereocenters. The molecule has 4 nitrogen and oxygen atoms in total. The van der Waals surface area contributed by atoms with E-state index in [1.807, 2.05) is 7.11 Å². The first-order chi connectivity index (χ1) is 10.1. The van der Waals surface area contributed by atoms with E-state index in [1.165, 1.54) is 11.3 Å². The fraction of sp³-hybridized carbons (Fsp3) is 0.706. The molecular weight excluding hydrogens is 262 g/mol. The number of ether oxygens (including phenoxy) is 1. The first-order valence-corrected chi connectivity index (χ1v) is 8.11. The zero-order chi connectivity index (χ0) is 15.3. The molecule has 0 aromatic carbocycles. The Labute approximate surface area is 128 Å². The van der Waals surface area contributed by atoms with Gasteiger partial charge in [0.2, 0.25) is 0 Å². The molecule has 0 radical (unpaired) electrons. The van der Waals surface area contributed by atoms with Crippen LogP contribution in [0.4, 0.5) is 5.82 Å². The molecule has 21 heavy (non-hydrogen) atoms. The molecule has 1 aliphatic heterocycles. The van der Waals surface area contributed by atoms with Gasteiger partial charge < -0.3 is 15.0 Å². The van der Waals surface area contributed by atoms with Crippen LogP contribution in [0.2, 0.25) is 0 Å². The summed E-state index contributed by atoms with van der Waals surface area (Å²) in [6.07, 6.45) is 3.25. The van der Waals surface area contributed by atoms with Crippen LogP contribution >= 0.6 is 0 Å². The number of pyridine rings is 1. The van der Waals surface area contributed by atoms with Gasteiger partial charge in [-0.25, -0.2) is 4.98 Å². The summed E-state index contributed by atoms with van der Waals surface area (Å²) in [4.78, 5) is 7.20. The lowest BCUT2D eigenvalue weighted by atomic mass is 9.94. The van der Waals surface area contributed by atoms with Gasteiger partial charge in [-0.1, -0.05) is 13.8 Å². The van der Waals surface area contributed by atoms with Gasteiger partial charge in [0.25, 0.3) is 0 Å². The third-order valence-electron chi connectivity index (χ3n) is 4.34. The van der Waals surface area contributed by atoms with Crippen molar-refractivity contribution in [3.8, 4) is 0 Å². The van der Waals surface area contributed by atoms with E-state index in [0.29, 0.717) is 0 Å². The largest absolute Gasteiger partial charge is 0.377 e. The number of aromatic nitrogens is 1. The maximum Gasteiger partial charge on any atom is 0.129 e. The van der Waals surface area contributed by atoms with Gasteiger partial charge in [0.1, 0.15) is 5.82 Å². The predicted molar refractivity (Wildman–Crippen MR) is 87.9 cm³/mol. The molecule has 1 saturated heterocycles. The number of anilines is 1. The SMILES string of the molecule is CCNCc1cc(CC)nc(N2CCCC(C)(OC)C2)c1. The second-order valence-electron chi connectivity index (χ2n) is 6.14. The van der Waals surface area contributed by atoms with Gasteiger partial charge in [0.05, 0.1) is 5.60 Å². The minimum absolute atomic E-state index is 0.0516. The molecule has 4 heteroatoms. The van der Waals surface area contributed by atoms with Crippen molar-refractivity contribution in [2.45, 2.75) is 52.2 Å². The smallest absolute Gasteiger partial charge is 0.129 e. The average molecular weight is 291 g/mol. The van der Waals surface area contributed by atoms with Crippen LogP contribution in [0.3, 0.4) is 0 Å². The van der Waals surface area contributed by atoms with Crippen LogP contribution in [0, 0.1) is 0 Å². The first-order valence-electron chi connectivity index (χ1n) is 8.11. The zero-order valence-corrected chi connectivity index (χ0v) is 13.9. The van der Waals surface area contributed by atoms with Crippen LogP contribution in [0.15, 0.2) is 12.1 Å². The molecule has 0 aliphatic carbocycles. The molecular formula is C17H29N3O. The summed E-state index contributed by atoms with van der Waals surface area (Å²) in [6, 6.07) is 4.44. The monoisotopic (exact) mass is 291 g/mol. The molecule has 1 N–H and O–H groups in total. The highest BCUT2D eigenvalue weighted by atomic mass is 16.5. The summed E-state index contributed by atoms with van der Waals surface area (Å²) in [6.45, 7) is 10.4. The van der Waals surface area contributed by atoms with Crippen molar-refractivity contribution in [1.82, 2.24) is 10.3 Å². The standard InChI is InChI=1S/C17H29N3O/c1-5-15-10-14(12-18-6-2)11-16(19-15)20-9-7-8-17(3,13-20)21-4/h10-11,18H,5-9,12-13H2,1-4H3. The Morgan fingerprint density at radius 3 is 2.86 bits per heavy atom. The molecule has 1 aliphatic rings. The van der Waals surface area contributed by atoms with Gasteiger partial charge in [-0.15, -0.1) is 0 Å². The van der Waals surface area contributed by atoms with E-state index >= 15 is 0 Å². The van der Waals surface area contributed by atoms with Crippen LogP contribution in [-0.4, -0.2) is 37.3 Å². The van der Waals surface area contributed by atoms with Crippen molar-refractivity contribution in [1.29, 1.82) is 0 Å². The molecule has 0 amide bonds. The highest BCUT2D eigenvalue weighted by Crippen LogP contribution is 2.27. The van der Waals surface area contributed by atoms with Crippen molar-refractivity contribution >= 4 is 5.82 Å². The van der Waals surface area contributed by atoms with Crippen LogP contribution in [0.1, 0.15) is 44.9 Å². The van der Waals surface area contributed by atoms with Gasteiger partial charge >= 0.3 is 0 Å². The molecule has 1 aromatic heterocycles. The van der Waals surface area contributed by atoms with Crippen LogP contribution < -0.4 is 10.2 Å². The quantitative estimate of drug-likeness (QED) is 0.874. The van der Waals surface area contributed by atoms with E-state index in [-0.39, 0.29) is 5.60 Å². The van der Waals surface area contributed by atoms with E-state index in [0.717, 1.165) is 51.3 Å². The summed E-state index contributed by atoms with van der Waals surface area (Å²) in [7, 11) is 1.82. The van der Waals surface area contributed by atoms with E-state index in [2.05, 4.69) is 43.1 Å². The van der Waals surface area contributed by atoms with Crippen molar-refractivity contribution in [2.75, 3.05) is 31.6 Å². The summed E-state index contributed by atoms with van der Waals surface area (Å²) >= 11 is 0. The van der Waals surface area contributed by atoms with Crippen molar-refractivity contribution in [2.24, 2.45) is 0 Å². The normalized spacial score (nSPS) is 22.6. The number of hydrogen-bond donors (Lipinski definition) is 1. The number of methoxy groups -OCH3 is 1. The van der Waals surface area contributed by atoms with Gasteiger partial charge in [0.15, 0.2) is 0 Å². The third kappa shape index (κ3) is 4.17. The molecule has 1 atom stereocenters. The summed E-state index contributed by atoms with van der Waals surface area (Å²) in [5.74, 6) is 1.10.